The van der Waals surface area contributed by atoms with Crippen LogP contribution < -0.4 is 4.72 Å². The second-order valence-electron chi connectivity index (χ2n) is 5.46. The maximum atomic E-state index is 12.6. The molecule has 0 unspecified atom stereocenters. The summed E-state index contributed by atoms with van der Waals surface area (Å²) in [6.07, 6.45) is 3.82. The van der Waals surface area contributed by atoms with Gasteiger partial charge in [0.05, 0.1) is 15.7 Å². The van der Waals surface area contributed by atoms with Crippen molar-refractivity contribution in [1.82, 2.24) is 9.38 Å². The first-order valence-electron chi connectivity index (χ1n) is 7.43. The van der Waals surface area contributed by atoms with E-state index >= 15 is 0 Å². The molecule has 0 bridgehead atoms. The van der Waals surface area contributed by atoms with E-state index < -0.39 is 10.0 Å². The Morgan fingerprint density at radius 3 is 2.73 bits per heavy atom. The van der Waals surface area contributed by atoms with Crippen LogP contribution in [-0.2, 0) is 10.0 Å². The van der Waals surface area contributed by atoms with Gasteiger partial charge in [-0.05, 0) is 24.3 Å². The third kappa shape index (κ3) is 3.19. The molecule has 1 N–H and O–H groups in total. The number of rotatable bonds is 4. The lowest BCUT2D eigenvalue weighted by Gasteiger charge is -2.11. The highest BCUT2D eigenvalue weighted by atomic mass is 35.5. The summed E-state index contributed by atoms with van der Waals surface area (Å²) in [6.45, 7) is 0. The van der Waals surface area contributed by atoms with Crippen LogP contribution in [0.1, 0.15) is 0 Å². The van der Waals surface area contributed by atoms with Crippen molar-refractivity contribution in [3.05, 3.63) is 70.3 Å². The number of anilines is 1. The Morgan fingerprint density at radius 2 is 1.92 bits per heavy atom. The van der Waals surface area contributed by atoms with Gasteiger partial charge in [0.1, 0.15) is 4.90 Å². The number of hydrogen-bond donors (Lipinski definition) is 1. The highest BCUT2D eigenvalue weighted by molar-refractivity contribution is 7.92. The van der Waals surface area contributed by atoms with Crippen molar-refractivity contribution in [3.63, 3.8) is 0 Å². The fourth-order valence-corrected chi connectivity index (χ4v) is 5.02. The Morgan fingerprint density at radius 1 is 1.12 bits per heavy atom. The molecule has 5 nitrogen and oxygen atoms in total. The Kier molecular flexibility index (Phi) is 4.40. The number of benzene rings is 2. The first-order valence-corrected chi connectivity index (χ1v) is 10.6. The first-order chi connectivity index (χ1) is 12.4. The molecular formula is C17H11Cl2N3O2S2. The molecule has 2 aromatic carbocycles. The lowest BCUT2D eigenvalue weighted by molar-refractivity contribution is 0.601. The largest absolute Gasteiger partial charge is 0.297 e. The number of nitrogens with zero attached hydrogens (tertiary/aromatic N) is 2. The van der Waals surface area contributed by atoms with E-state index in [2.05, 4.69) is 9.71 Å². The predicted molar refractivity (Wildman–Crippen MR) is 106 cm³/mol. The van der Waals surface area contributed by atoms with Crippen LogP contribution in [0.5, 0.6) is 0 Å². The number of thiazole rings is 1. The third-order valence-corrected chi connectivity index (χ3v) is 6.83. The number of sulfonamides is 1. The topological polar surface area (TPSA) is 63.5 Å². The van der Waals surface area contributed by atoms with Gasteiger partial charge in [-0.1, -0.05) is 41.4 Å². The standard InChI is InChI=1S/C17H11Cl2N3O2S2/c18-13-5-2-6-15(16(13)19)26(23,24)21-12-4-1-3-11(9-12)14-10-22-7-8-25-17(22)20-14/h1-10,21H. The second kappa shape index (κ2) is 6.59. The lowest BCUT2D eigenvalue weighted by atomic mass is 10.1. The highest BCUT2D eigenvalue weighted by Crippen LogP contribution is 2.31. The molecule has 0 aliphatic carbocycles. The SMILES string of the molecule is O=S(=O)(Nc1cccc(-c2cn3ccsc3n2)c1)c1cccc(Cl)c1Cl. The average molecular weight is 424 g/mol. The molecule has 0 saturated heterocycles. The monoisotopic (exact) mass is 423 g/mol. The predicted octanol–water partition coefficient (Wildman–Crippen LogP) is 5.17. The van der Waals surface area contributed by atoms with Crippen molar-refractivity contribution in [1.29, 1.82) is 0 Å². The Labute approximate surface area is 163 Å². The molecule has 0 spiro atoms. The maximum absolute atomic E-state index is 12.6. The van der Waals surface area contributed by atoms with Gasteiger partial charge in [-0.25, -0.2) is 13.4 Å². The quantitative estimate of drug-likeness (QED) is 0.492. The summed E-state index contributed by atoms with van der Waals surface area (Å²) in [7, 11) is -3.87. The zero-order chi connectivity index (χ0) is 18.3. The zero-order valence-electron chi connectivity index (χ0n) is 13.1. The van der Waals surface area contributed by atoms with Gasteiger partial charge in [-0.2, -0.15) is 0 Å². The Bertz CT molecular complexity index is 1190. The van der Waals surface area contributed by atoms with Crippen molar-refractivity contribution >= 4 is 55.2 Å². The molecule has 4 rings (SSSR count). The van der Waals surface area contributed by atoms with Gasteiger partial charge in [-0.15, -0.1) is 11.3 Å². The highest BCUT2D eigenvalue weighted by Gasteiger charge is 2.20. The number of aromatic nitrogens is 2. The minimum Gasteiger partial charge on any atom is -0.297 e. The van der Waals surface area contributed by atoms with Crippen LogP contribution in [0.3, 0.4) is 0 Å². The van der Waals surface area contributed by atoms with Crippen LogP contribution in [0.2, 0.25) is 10.0 Å². The number of nitrogens with one attached hydrogen (secondary N) is 1. The van der Waals surface area contributed by atoms with E-state index in [0.29, 0.717) is 5.69 Å². The van der Waals surface area contributed by atoms with Crippen molar-refractivity contribution < 1.29 is 8.42 Å². The van der Waals surface area contributed by atoms with Gasteiger partial charge in [-0.3, -0.25) is 9.12 Å². The van der Waals surface area contributed by atoms with Crippen molar-refractivity contribution in [2.75, 3.05) is 4.72 Å². The molecule has 0 saturated carbocycles. The zero-order valence-corrected chi connectivity index (χ0v) is 16.2. The molecular weight excluding hydrogens is 413 g/mol. The van der Waals surface area contributed by atoms with Crippen LogP contribution >= 0.6 is 34.5 Å². The van der Waals surface area contributed by atoms with E-state index in [1.54, 1.807) is 18.2 Å². The lowest BCUT2D eigenvalue weighted by Crippen LogP contribution is -2.13. The molecule has 26 heavy (non-hydrogen) atoms. The average Bonchev–Trinajstić information content (AvgIpc) is 3.19. The number of fused-ring (bicyclic) bond motifs is 1. The Balaban J connectivity index is 1.68. The summed E-state index contributed by atoms with van der Waals surface area (Å²) >= 11 is 13.5. The van der Waals surface area contributed by atoms with Crippen molar-refractivity contribution in [3.8, 4) is 11.3 Å². The maximum Gasteiger partial charge on any atom is 0.263 e. The smallest absolute Gasteiger partial charge is 0.263 e. The summed E-state index contributed by atoms with van der Waals surface area (Å²) in [4.78, 5) is 5.33. The summed E-state index contributed by atoms with van der Waals surface area (Å²) in [5, 5.41) is 2.12. The number of hydrogen-bond acceptors (Lipinski definition) is 4. The van der Waals surface area contributed by atoms with Gasteiger partial charge in [0, 0.05) is 29.0 Å². The van der Waals surface area contributed by atoms with E-state index in [0.717, 1.165) is 16.2 Å². The summed E-state index contributed by atoms with van der Waals surface area (Å²) in [5.41, 5.74) is 1.98. The molecule has 4 aromatic rings. The fraction of sp³-hybridized carbons (Fsp3) is 0. The van der Waals surface area contributed by atoms with Crippen LogP contribution in [0, 0.1) is 0 Å². The molecule has 2 heterocycles. The normalized spacial score (nSPS) is 11.8. The van der Waals surface area contributed by atoms with Gasteiger partial charge >= 0.3 is 0 Å². The van der Waals surface area contributed by atoms with Gasteiger partial charge in [0.2, 0.25) is 0 Å². The molecule has 0 aliphatic heterocycles. The Hall–Kier alpha value is -2.06. The van der Waals surface area contributed by atoms with E-state index in [1.165, 1.54) is 29.5 Å². The van der Waals surface area contributed by atoms with E-state index in [1.807, 2.05) is 28.2 Å². The summed E-state index contributed by atoms with van der Waals surface area (Å²) in [5.74, 6) is 0. The van der Waals surface area contributed by atoms with Gasteiger partial charge < -0.3 is 0 Å². The molecule has 0 amide bonds. The van der Waals surface area contributed by atoms with E-state index in [4.69, 9.17) is 23.2 Å². The van der Waals surface area contributed by atoms with Crippen LogP contribution in [0.4, 0.5) is 5.69 Å². The molecule has 2 aromatic heterocycles. The minimum absolute atomic E-state index is 0.00726. The van der Waals surface area contributed by atoms with Crippen molar-refractivity contribution in [2.24, 2.45) is 0 Å². The number of halogens is 2. The van der Waals surface area contributed by atoms with E-state index in [-0.39, 0.29) is 14.9 Å². The molecule has 9 heteroatoms. The van der Waals surface area contributed by atoms with E-state index in [9.17, 15) is 8.42 Å². The van der Waals surface area contributed by atoms with Crippen LogP contribution in [0.25, 0.3) is 16.2 Å². The first kappa shape index (κ1) is 17.4. The molecule has 0 aliphatic rings. The van der Waals surface area contributed by atoms with Gasteiger partial charge in [0.15, 0.2) is 4.96 Å². The fourth-order valence-electron chi connectivity index (χ4n) is 2.51. The second-order valence-corrected chi connectivity index (χ2v) is 8.77. The third-order valence-electron chi connectivity index (χ3n) is 3.71. The summed E-state index contributed by atoms with van der Waals surface area (Å²) in [6, 6.07) is 11.5. The molecule has 132 valence electrons. The van der Waals surface area contributed by atoms with Crippen molar-refractivity contribution in [2.45, 2.75) is 4.90 Å². The van der Waals surface area contributed by atoms with Crippen LogP contribution in [-0.4, -0.2) is 17.8 Å². The van der Waals surface area contributed by atoms with Gasteiger partial charge in [0.25, 0.3) is 10.0 Å². The van der Waals surface area contributed by atoms with Crippen LogP contribution in [0.15, 0.2) is 65.1 Å². The molecule has 0 fully saturated rings. The summed E-state index contributed by atoms with van der Waals surface area (Å²) < 4.78 is 29.8. The minimum atomic E-state index is -3.87. The number of imidazole rings is 1. The molecule has 0 radical (unpaired) electrons. The molecule has 0 atom stereocenters.